The number of carbonyl (C=O) groups excluding carboxylic acids is 1. The van der Waals surface area contributed by atoms with E-state index in [1.807, 2.05) is 30.3 Å². The third-order valence-electron chi connectivity index (χ3n) is 1.62. The molecule has 70 valence electrons. The van der Waals surface area contributed by atoms with Crippen molar-refractivity contribution in [2.24, 2.45) is 5.73 Å². The molecule has 0 fully saturated rings. The Bertz CT molecular complexity index is 274. The monoisotopic (exact) mass is 180 g/mol. The van der Waals surface area contributed by atoms with Gasteiger partial charge in [-0.05, 0) is 5.56 Å². The molecule has 0 heterocycles. The van der Waals surface area contributed by atoms with Crippen LogP contribution in [0.25, 0.3) is 0 Å². The second kappa shape index (κ2) is 4.47. The first-order valence-corrected chi connectivity index (χ1v) is 3.89. The Balaban J connectivity index is 2.59. The highest BCUT2D eigenvalue weighted by Gasteiger charge is 2.07. The van der Waals surface area contributed by atoms with E-state index in [1.165, 1.54) is 7.11 Å². The average Bonchev–Trinajstić information content (AvgIpc) is 2.19. The van der Waals surface area contributed by atoms with Crippen molar-refractivity contribution in [1.82, 2.24) is 5.32 Å². The van der Waals surface area contributed by atoms with E-state index in [2.05, 4.69) is 10.1 Å². The lowest BCUT2D eigenvalue weighted by atomic mass is 10.2. The van der Waals surface area contributed by atoms with E-state index in [4.69, 9.17) is 5.73 Å². The van der Waals surface area contributed by atoms with E-state index in [0.717, 1.165) is 5.56 Å². The Morgan fingerprint density at radius 2 is 2.08 bits per heavy atom. The fourth-order valence-electron chi connectivity index (χ4n) is 0.930. The van der Waals surface area contributed by atoms with Crippen molar-refractivity contribution < 1.29 is 9.53 Å². The summed E-state index contributed by atoms with van der Waals surface area (Å²) in [5, 5.41) is 2.46. The molecule has 0 radical (unpaired) electrons. The van der Waals surface area contributed by atoms with Crippen molar-refractivity contribution in [3.8, 4) is 0 Å². The molecule has 0 aliphatic heterocycles. The highest BCUT2D eigenvalue weighted by Crippen LogP contribution is 2.05. The molecule has 3 N–H and O–H groups in total. The van der Waals surface area contributed by atoms with Crippen LogP contribution in [0, 0.1) is 0 Å². The van der Waals surface area contributed by atoms with E-state index < -0.39 is 12.3 Å². The van der Waals surface area contributed by atoms with E-state index in [1.54, 1.807) is 0 Å². The maximum absolute atomic E-state index is 10.8. The van der Waals surface area contributed by atoms with Crippen molar-refractivity contribution in [2.75, 3.05) is 7.11 Å². The van der Waals surface area contributed by atoms with Crippen LogP contribution >= 0.6 is 0 Å². The van der Waals surface area contributed by atoms with Crippen molar-refractivity contribution in [2.45, 2.75) is 6.17 Å². The molecule has 1 amide bonds. The Morgan fingerprint density at radius 1 is 1.46 bits per heavy atom. The molecular formula is C9H12N2O2. The standard InChI is InChI=1S/C9H12N2O2/c1-13-9(12)11-8(10)7-5-3-2-4-6-7/h2-6,8H,10H2,1H3,(H,11,12). The molecule has 0 spiro atoms. The molecule has 0 saturated heterocycles. The average molecular weight is 180 g/mol. The highest BCUT2D eigenvalue weighted by molar-refractivity contribution is 5.67. The Hall–Kier alpha value is -1.55. The molecule has 0 aliphatic rings. The predicted molar refractivity (Wildman–Crippen MR) is 48.9 cm³/mol. The molecule has 4 heteroatoms. The minimum absolute atomic E-state index is 0.520. The summed E-state index contributed by atoms with van der Waals surface area (Å²) < 4.78 is 4.41. The summed E-state index contributed by atoms with van der Waals surface area (Å²) >= 11 is 0. The highest BCUT2D eigenvalue weighted by atomic mass is 16.5. The maximum Gasteiger partial charge on any atom is 0.408 e. The molecule has 1 atom stereocenters. The summed E-state index contributed by atoms with van der Waals surface area (Å²) in [6.07, 6.45) is -1.05. The lowest BCUT2D eigenvalue weighted by Crippen LogP contribution is -2.33. The topological polar surface area (TPSA) is 64.3 Å². The third-order valence-corrected chi connectivity index (χ3v) is 1.62. The summed E-state index contributed by atoms with van der Waals surface area (Å²) in [4.78, 5) is 10.8. The van der Waals surface area contributed by atoms with Gasteiger partial charge < -0.3 is 15.8 Å². The number of alkyl carbamates (subject to hydrolysis) is 1. The van der Waals surface area contributed by atoms with Gasteiger partial charge in [0.05, 0.1) is 7.11 Å². The molecular weight excluding hydrogens is 168 g/mol. The van der Waals surface area contributed by atoms with Crippen LogP contribution in [-0.4, -0.2) is 13.2 Å². The van der Waals surface area contributed by atoms with Crippen LogP contribution in [0.4, 0.5) is 4.79 Å². The van der Waals surface area contributed by atoms with Crippen LogP contribution in [0.3, 0.4) is 0 Å². The van der Waals surface area contributed by atoms with Gasteiger partial charge in [-0.2, -0.15) is 0 Å². The first-order chi connectivity index (χ1) is 6.24. The number of hydrogen-bond donors (Lipinski definition) is 2. The molecule has 13 heavy (non-hydrogen) atoms. The maximum atomic E-state index is 10.8. The van der Waals surface area contributed by atoms with Gasteiger partial charge in [-0.25, -0.2) is 4.79 Å². The number of carbonyl (C=O) groups is 1. The molecule has 0 aromatic heterocycles. The molecule has 1 aromatic carbocycles. The van der Waals surface area contributed by atoms with Gasteiger partial charge >= 0.3 is 6.09 Å². The predicted octanol–water partition coefficient (Wildman–Crippen LogP) is 1.000. The second-order valence-electron chi connectivity index (χ2n) is 2.52. The number of methoxy groups -OCH3 is 1. The van der Waals surface area contributed by atoms with E-state index >= 15 is 0 Å². The minimum Gasteiger partial charge on any atom is -0.453 e. The van der Waals surface area contributed by atoms with Crippen LogP contribution in [0.5, 0.6) is 0 Å². The van der Waals surface area contributed by atoms with Crippen LogP contribution in [0.15, 0.2) is 30.3 Å². The van der Waals surface area contributed by atoms with Gasteiger partial charge in [0.25, 0.3) is 0 Å². The van der Waals surface area contributed by atoms with Gasteiger partial charge in [0.2, 0.25) is 0 Å². The summed E-state index contributed by atoms with van der Waals surface area (Å²) in [6.45, 7) is 0. The SMILES string of the molecule is COC(=O)NC(N)c1ccccc1. The lowest BCUT2D eigenvalue weighted by molar-refractivity contribution is 0.167. The van der Waals surface area contributed by atoms with Crippen LogP contribution in [0.1, 0.15) is 11.7 Å². The fourth-order valence-corrected chi connectivity index (χ4v) is 0.930. The van der Waals surface area contributed by atoms with Crippen molar-refractivity contribution >= 4 is 6.09 Å². The van der Waals surface area contributed by atoms with E-state index in [9.17, 15) is 4.79 Å². The quantitative estimate of drug-likeness (QED) is 0.667. The number of hydrogen-bond acceptors (Lipinski definition) is 3. The number of nitrogens with one attached hydrogen (secondary N) is 1. The summed E-state index contributed by atoms with van der Waals surface area (Å²) in [6, 6.07) is 9.26. The second-order valence-corrected chi connectivity index (χ2v) is 2.52. The smallest absolute Gasteiger partial charge is 0.408 e. The number of ether oxygens (including phenoxy) is 1. The molecule has 4 nitrogen and oxygen atoms in total. The van der Waals surface area contributed by atoms with Crippen LogP contribution < -0.4 is 11.1 Å². The Morgan fingerprint density at radius 3 is 2.62 bits per heavy atom. The van der Waals surface area contributed by atoms with Gasteiger partial charge in [-0.1, -0.05) is 30.3 Å². The zero-order valence-electron chi connectivity index (χ0n) is 7.36. The summed E-state index contributed by atoms with van der Waals surface area (Å²) in [5.41, 5.74) is 6.50. The number of rotatable bonds is 2. The van der Waals surface area contributed by atoms with Crippen molar-refractivity contribution in [1.29, 1.82) is 0 Å². The summed E-state index contributed by atoms with van der Waals surface area (Å²) in [7, 11) is 1.30. The number of benzene rings is 1. The zero-order chi connectivity index (χ0) is 9.68. The zero-order valence-corrected chi connectivity index (χ0v) is 7.36. The Kier molecular flexibility index (Phi) is 3.28. The normalized spacial score (nSPS) is 11.8. The molecule has 0 saturated carbocycles. The van der Waals surface area contributed by atoms with Gasteiger partial charge in [0.1, 0.15) is 6.17 Å². The lowest BCUT2D eigenvalue weighted by Gasteiger charge is -2.12. The van der Waals surface area contributed by atoms with Crippen LogP contribution in [0.2, 0.25) is 0 Å². The first-order valence-electron chi connectivity index (χ1n) is 3.89. The van der Waals surface area contributed by atoms with Gasteiger partial charge in [0, 0.05) is 0 Å². The molecule has 1 aromatic rings. The molecule has 0 aliphatic carbocycles. The Labute approximate surface area is 76.7 Å². The molecule has 1 unspecified atom stereocenters. The van der Waals surface area contributed by atoms with Gasteiger partial charge in [-0.15, -0.1) is 0 Å². The minimum atomic E-state index is -0.531. The number of amides is 1. The number of nitrogens with two attached hydrogens (primary N) is 1. The summed E-state index contributed by atoms with van der Waals surface area (Å²) in [5.74, 6) is 0. The molecule has 1 rings (SSSR count). The van der Waals surface area contributed by atoms with E-state index in [-0.39, 0.29) is 0 Å². The largest absolute Gasteiger partial charge is 0.453 e. The first kappa shape index (κ1) is 9.54. The fraction of sp³-hybridized carbons (Fsp3) is 0.222. The van der Waals surface area contributed by atoms with E-state index in [0.29, 0.717) is 0 Å². The van der Waals surface area contributed by atoms with Crippen molar-refractivity contribution in [3.05, 3.63) is 35.9 Å². The molecule has 0 bridgehead atoms. The van der Waals surface area contributed by atoms with Gasteiger partial charge in [0.15, 0.2) is 0 Å². The van der Waals surface area contributed by atoms with Crippen LogP contribution in [-0.2, 0) is 4.74 Å². The van der Waals surface area contributed by atoms with Gasteiger partial charge in [-0.3, -0.25) is 0 Å². The van der Waals surface area contributed by atoms with Crippen molar-refractivity contribution in [3.63, 3.8) is 0 Å². The third kappa shape index (κ3) is 2.76.